The fourth-order valence-electron chi connectivity index (χ4n) is 4.19. The van der Waals surface area contributed by atoms with Crippen LogP contribution in [0.15, 0.2) is 60.8 Å². The second-order valence-corrected chi connectivity index (χ2v) is 8.77. The summed E-state index contributed by atoms with van der Waals surface area (Å²) in [5.41, 5.74) is 4.64. The number of hydrogen-bond acceptors (Lipinski definition) is 3. The van der Waals surface area contributed by atoms with E-state index in [1.54, 1.807) is 18.2 Å². The molecule has 0 unspecified atom stereocenters. The number of halogens is 2. The topological polar surface area (TPSA) is 45.2 Å². The molecule has 1 amide bonds. The largest absolute Gasteiger partial charge is 0.348 e. The lowest BCUT2D eigenvalue weighted by atomic mass is 9.92. The molecular weight excluding hydrogens is 425 g/mol. The molecule has 2 heterocycles. The van der Waals surface area contributed by atoms with Crippen LogP contribution in [-0.4, -0.2) is 28.9 Å². The van der Waals surface area contributed by atoms with Crippen molar-refractivity contribution in [2.24, 2.45) is 0 Å². The van der Waals surface area contributed by atoms with Crippen LogP contribution in [0, 0.1) is 12.7 Å². The lowest BCUT2D eigenvalue weighted by Gasteiger charge is -2.31. The van der Waals surface area contributed by atoms with Crippen LogP contribution in [0.5, 0.6) is 0 Å². The SMILES string of the molecule is Cc1c(Cl)cccc1C(=O)NCc1ccnc(C2CCN(Cc3ccc(F)cc3)CC2)c1. The van der Waals surface area contributed by atoms with Crippen LogP contribution in [0.2, 0.25) is 5.02 Å². The number of carbonyl (C=O) groups is 1. The molecule has 0 saturated carbocycles. The van der Waals surface area contributed by atoms with E-state index in [9.17, 15) is 9.18 Å². The predicted molar refractivity (Wildman–Crippen MR) is 125 cm³/mol. The highest BCUT2D eigenvalue weighted by molar-refractivity contribution is 6.31. The molecule has 0 bridgehead atoms. The molecule has 1 saturated heterocycles. The first kappa shape index (κ1) is 22.4. The maximum atomic E-state index is 13.1. The Balaban J connectivity index is 1.32. The minimum absolute atomic E-state index is 0.127. The van der Waals surface area contributed by atoms with Gasteiger partial charge in [-0.15, -0.1) is 0 Å². The number of hydrogen-bond donors (Lipinski definition) is 1. The third-order valence-electron chi connectivity index (χ3n) is 6.14. The Morgan fingerprint density at radius 1 is 1.12 bits per heavy atom. The summed E-state index contributed by atoms with van der Waals surface area (Å²) >= 11 is 6.14. The molecule has 1 fully saturated rings. The second-order valence-electron chi connectivity index (χ2n) is 8.36. The summed E-state index contributed by atoms with van der Waals surface area (Å²) in [6, 6.07) is 16.1. The van der Waals surface area contributed by atoms with E-state index in [0.29, 0.717) is 23.0 Å². The highest BCUT2D eigenvalue weighted by atomic mass is 35.5. The number of amides is 1. The molecule has 0 atom stereocenters. The molecule has 1 aliphatic rings. The van der Waals surface area contributed by atoms with Crippen molar-refractivity contribution in [3.05, 3.63) is 99.6 Å². The summed E-state index contributed by atoms with van der Waals surface area (Å²) in [7, 11) is 0. The molecule has 0 aliphatic carbocycles. The second kappa shape index (κ2) is 10.2. The predicted octanol–water partition coefficient (Wildman–Crippen LogP) is 5.49. The highest BCUT2D eigenvalue weighted by Crippen LogP contribution is 2.28. The number of carbonyl (C=O) groups excluding carboxylic acids is 1. The van der Waals surface area contributed by atoms with E-state index < -0.39 is 0 Å². The molecule has 6 heteroatoms. The number of nitrogens with one attached hydrogen (secondary N) is 1. The Morgan fingerprint density at radius 3 is 2.62 bits per heavy atom. The van der Waals surface area contributed by atoms with Crippen molar-refractivity contribution in [3.8, 4) is 0 Å². The van der Waals surface area contributed by atoms with Gasteiger partial charge in [0.15, 0.2) is 0 Å². The Morgan fingerprint density at radius 2 is 1.88 bits per heavy atom. The van der Waals surface area contributed by atoms with E-state index in [4.69, 9.17) is 11.6 Å². The first-order valence-electron chi connectivity index (χ1n) is 10.9. The smallest absolute Gasteiger partial charge is 0.251 e. The van der Waals surface area contributed by atoms with Crippen molar-refractivity contribution in [2.45, 2.75) is 38.8 Å². The third-order valence-corrected chi connectivity index (χ3v) is 6.55. The number of aromatic nitrogens is 1. The van der Waals surface area contributed by atoms with Gasteiger partial charge in [0.05, 0.1) is 0 Å². The van der Waals surface area contributed by atoms with Gasteiger partial charge in [0.2, 0.25) is 0 Å². The van der Waals surface area contributed by atoms with Crippen LogP contribution in [-0.2, 0) is 13.1 Å². The third kappa shape index (κ3) is 5.53. The number of piperidine rings is 1. The van der Waals surface area contributed by atoms with E-state index in [2.05, 4.69) is 21.3 Å². The van der Waals surface area contributed by atoms with Crippen molar-refractivity contribution in [2.75, 3.05) is 13.1 Å². The Hall–Kier alpha value is -2.76. The van der Waals surface area contributed by atoms with E-state index in [1.807, 2.05) is 31.3 Å². The monoisotopic (exact) mass is 451 g/mol. The summed E-state index contributed by atoms with van der Waals surface area (Å²) in [4.78, 5) is 19.6. The van der Waals surface area contributed by atoms with Gasteiger partial charge >= 0.3 is 0 Å². The molecular formula is C26H27ClFN3O. The number of nitrogens with zero attached hydrogens (tertiary/aromatic N) is 2. The minimum atomic E-state index is -0.197. The number of pyridine rings is 1. The summed E-state index contributed by atoms with van der Waals surface area (Å²) < 4.78 is 13.1. The van der Waals surface area contributed by atoms with E-state index in [1.165, 1.54) is 12.1 Å². The molecule has 0 radical (unpaired) electrons. The van der Waals surface area contributed by atoms with Crippen molar-refractivity contribution in [3.63, 3.8) is 0 Å². The van der Waals surface area contributed by atoms with Gasteiger partial charge in [-0.05, 0) is 85.9 Å². The van der Waals surface area contributed by atoms with E-state index >= 15 is 0 Å². The normalized spacial score (nSPS) is 15.0. The lowest BCUT2D eigenvalue weighted by molar-refractivity contribution is 0.0950. The van der Waals surface area contributed by atoms with E-state index in [0.717, 1.165) is 54.9 Å². The Bertz CT molecular complexity index is 1080. The van der Waals surface area contributed by atoms with Gasteiger partial charge in [-0.3, -0.25) is 14.7 Å². The van der Waals surface area contributed by atoms with Crippen LogP contribution >= 0.6 is 11.6 Å². The van der Waals surface area contributed by atoms with E-state index in [-0.39, 0.29) is 11.7 Å². The molecule has 1 N–H and O–H groups in total. The van der Waals surface area contributed by atoms with Crippen LogP contribution in [0.1, 0.15) is 51.5 Å². The van der Waals surface area contributed by atoms with Gasteiger partial charge in [0, 0.05) is 41.5 Å². The van der Waals surface area contributed by atoms with Crippen LogP contribution in [0.25, 0.3) is 0 Å². The molecule has 0 spiro atoms. The Labute approximate surface area is 193 Å². The molecule has 1 aromatic heterocycles. The van der Waals surface area contributed by atoms with Crippen LogP contribution < -0.4 is 5.32 Å². The number of rotatable bonds is 6. The van der Waals surface area contributed by atoms with Gasteiger partial charge in [-0.25, -0.2) is 4.39 Å². The standard InChI is InChI=1S/C26H27ClFN3O/c1-18-23(3-2-4-24(18)27)26(32)30-16-20-9-12-29-25(15-20)21-10-13-31(14-11-21)17-19-5-7-22(28)8-6-19/h2-9,12,15,21H,10-11,13-14,16-17H2,1H3,(H,30,32). The van der Waals surface area contributed by atoms with Crippen molar-refractivity contribution >= 4 is 17.5 Å². The van der Waals surface area contributed by atoms with Gasteiger partial charge in [-0.2, -0.15) is 0 Å². The minimum Gasteiger partial charge on any atom is -0.348 e. The molecule has 32 heavy (non-hydrogen) atoms. The molecule has 4 nitrogen and oxygen atoms in total. The summed E-state index contributed by atoms with van der Waals surface area (Å²) in [5, 5.41) is 3.58. The molecule has 3 aromatic rings. The highest BCUT2D eigenvalue weighted by Gasteiger charge is 2.22. The fraction of sp³-hybridized carbons (Fsp3) is 0.308. The van der Waals surface area contributed by atoms with Gasteiger partial charge in [0.25, 0.3) is 5.91 Å². The quantitative estimate of drug-likeness (QED) is 0.538. The molecule has 1 aliphatic heterocycles. The summed E-state index contributed by atoms with van der Waals surface area (Å²) in [6.07, 6.45) is 3.89. The zero-order chi connectivity index (χ0) is 22.5. The summed E-state index contributed by atoms with van der Waals surface area (Å²) in [6.45, 7) is 5.11. The average Bonchev–Trinajstić information content (AvgIpc) is 2.81. The zero-order valence-corrected chi connectivity index (χ0v) is 18.9. The Kier molecular flexibility index (Phi) is 7.18. The maximum Gasteiger partial charge on any atom is 0.251 e. The maximum absolute atomic E-state index is 13.1. The number of likely N-dealkylation sites (tertiary alicyclic amines) is 1. The molecule has 4 rings (SSSR count). The van der Waals surface area contributed by atoms with Crippen LogP contribution in [0.3, 0.4) is 0 Å². The van der Waals surface area contributed by atoms with Crippen molar-refractivity contribution in [1.82, 2.24) is 15.2 Å². The first-order chi connectivity index (χ1) is 15.5. The van der Waals surface area contributed by atoms with Crippen LogP contribution in [0.4, 0.5) is 4.39 Å². The van der Waals surface area contributed by atoms with Crippen molar-refractivity contribution in [1.29, 1.82) is 0 Å². The first-order valence-corrected chi connectivity index (χ1v) is 11.3. The van der Waals surface area contributed by atoms with Gasteiger partial charge in [0.1, 0.15) is 5.82 Å². The lowest BCUT2D eigenvalue weighted by Crippen LogP contribution is -2.32. The fourth-order valence-corrected chi connectivity index (χ4v) is 4.37. The summed E-state index contributed by atoms with van der Waals surface area (Å²) in [5.74, 6) is 0.0834. The molecule has 2 aromatic carbocycles. The van der Waals surface area contributed by atoms with Gasteiger partial charge < -0.3 is 5.32 Å². The zero-order valence-electron chi connectivity index (χ0n) is 18.2. The van der Waals surface area contributed by atoms with Gasteiger partial charge in [-0.1, -0.05) is 29.8 Å². The van der Waals surface area contributed by atoms with Crippen molar-refractivity contribution < 1.29 is 9.18 Å². The average molecular weight is 452 g/mol. The molecule has 166 valence electrons. The number of benzene rings is 2.